The van der Waals surface area contributed by atoms with Crippen LogP contribution < -0.4 is 10.2 Å². The number of ether oxygens (including phenoxy) is 1. The fraction of sp³-hybridized carbons (Fsp3) is 0.400. The Morgan fingerprint density at radius 2 is 1.94 bits per heavy atom. The Labute approximate surface area is 91.5 Å². The maximum atomic E-state index is 13.1. The molecule has 16 heavy (non-hydrogen) atoms. The first-order valence-electron chi connectivity index (χ1n) is 5.07. The first kappa shape index (κ1) is 12.9. The monoisotopic (exact) mass is 235 g/mol. The summed E-state index contributed by atoms with van der Waals surface area (Å²) in [7, 11) is 0. The predicted octanol–water partition coefficient (Wildman–Crippen LogP) is 3.06. The van der Waals surface area contributed by atoms with Crippen LogP contribution in [0.15, 0.2) is 18.2 Å². The number of benzene rings is 1. The third-order valence-corrected chi connectivity index (χ3v) is 2.09. The molecule has 1 nitrogen and oxygen atoms in total. The highest BCUT2D eigenvalue weighted by atomic mass is 19.4. The van der Waals surface area contributed by atoms with E-state index in [0.29, 0.717) is 6.61 Å². The predicted molar refractivity (Wildman–Crippen MR) is 55.5 cm³/mol. The van der Waals surface area contributed by atoms with Crippen molar-refractivity contribution in [3.8, 4) is 5.75 Å². The highest BCUT2D eigenvalue weighted by molar-refractivity contribution is 6.73. The summed E-state index contributed by atoms with van der Waals surface area (Å²) < 4.78 is 55.0. The second-order valence-corrected chi connectivity index (χ2v) is 3.46. The minimum absolute atomic E-state index is 0.134. The van der Waals surface area contributed by atoms with Crippen LogP contribution in [0, 0.1) is 5.82 Å². The molecule has 0 aliphatic heterocycles. The minimum Gasteiger partial charge on any atom is -0.493 e. The number of halogens is 4. The average molecular weight is 235 g/mol. The van der Waals surface area contributed by atoms with E-state index >= 15 is 0 Å². The second kappa shape index (κ2) is 5.23. The summed E-state index contributed by atoms with van der Waals surface area (Å²) in [5, 5.41) is 0. The van der Waals surface area contributed by atoms with Gasteiger partial charge in [0.2, 0.25) is 0 Å². The topological polar surface area (TPSA) is 9.23 Å². The maximum Gasteiger partial charge on any atom is 0.512 e. The molecule has 1 rings (SSSR count). The molecular weight excluding hydrogens is 223 g/mol. The van der Waals surface area contributed by atoms with E-state index in [4.69, 9.17) is 4.74 Å². The first-order valence-corrected chi connectivity index (χ1v) is 5.07. The molecule has 6 heteroatoms. The Hall–Kier alpha value is -1.20. The number of unbranched alkanes of at least 4 members (excludes halogenated alkanes) is 1. The summed E-state index contributed by atoms with van der Waals surface area (Å²) in [5.41, 5.74) is -1.21. The molecule has 0 atom stereocenters. The van der Waals surface area contributed by atoms with Crippen LogP contribution in [-0.4, -0.2) is 13.6 Å². The molecule has 0 N–H and O–H groups in total. The molecule has 0 saturated heterocycles. The molecule has 0 aliphatic carbocycles. The molecule has 0 fully saturated rings. The fourth-order valence-electron chi connectivity index (χ4n) is 1.20. The van der Waals surface area contributed by atoms with Gasteiger partial charge in [-0.1, -0.05) is 24.9 Å². The van der Waals surface area contributed by atoms with Gasteiger partial charge in [-0.05, 0) is 12.5 Å². The van der Waals surface area contributed by atoms with Gasteiger partial charge in [-0.2, -0.15) is 0 Å². The molecule has 0 saturated carbocycles. The van der Waals surface area contributed by atoms with E-state index in [-0.39, 0.29) is 5.75 Å². The third-order valence-electron chi connectivity index (χ3n) is 2.09. The summed E-state index contributed by atoms with van der Waals surface area (Å²) in [6.45, 7) is -2.96. The quantitative estimate of drug-likeness (QED) is 0.433. The van der Waals surface area contributed by atoms with E-state index in [1.165, 1.54) is 0 Å². The Kier molecular flexibility index (Phi) is 4.21. The minimum atomic E-state index is -5.29. The first-order chi connectivity index (χ1) is 7.45. The number of hydrogen-bond donors (Lipinski definition) is 0. The van der Waals surface area contributed by atoms with Crippen molar-refractivity contribution in [2.24, 2.45) is 0 Å². The van der Waals surface area contributed by atoms with Gasteiger partial charge < -0.3 is 17.7 Å². The lowest BCUT2D eigenvalue weighted by atomic mass is 9.80. The van der Waals surface area contributed by atoms with Gasteiger partial charge in [0.1, 0.15) is 5.75 Å². The van der Waals surface area contributed by atoms with Gasteiger partial charge in [0.25, 0.3) is 0 Å². The summed E-state index contributed by atoms with van der Waals surface area (Å²) in [6.07, 6.45) is 1.69. The van der Waals surface area contributed by atoms with E-state index in [1.807, 2.05) is 6.92 Å². The SMILES string of the molecule is CCCCOc1ccc([B-](F)(F)F)c(F)c1. The van der Waals surface area contributed by atoms with Crippen molar-refractivity contribution in [3.05, 3.63) is 24.0 Å². The third kappa shape index (κ3) is 3.43. The molecular formula is C10H12BF4O-. The van der Waals surface area contributed by atoms with Crippen molar-refractivity contribution in [1.29, 1.82) is 0 Å². The van der Waals surface area contributed by atoms with Crippen LogP contribution in [0.3, 0.4) is 0 Å². The van der Waals surface area contributed by atoms with Crippen LogP contribution in [0.5, 0.6) is 5.75 Å². The van der Waals surface area contributed by atoms with E-state index in [1.54, 1.807) is 0 Å². The molecule has 0 aliphatic rings. The van der Waals surface area contributed by atoms with Gasteiger partial charge in [0.05, 0.1) is 12.4 Å². The van der Waals surface area contributed by atoms with Crippen molar-refractivity contribution >= 4 is 12.4 Å². The molecule has 0 heterocycles. The molecule has 1 aromatic carbocycles. The largest absolute Gasteiger partial charge is 0.512 e. The van der Waals surface area contributed by atoms with Crippen molar-refractivity contribution < 1.29 is 22.1 Å². The Morgan fingerprint density at radius 1 is 1.25 bits per heavy atom. The van der Waals surface area contributed by atoms with Gasteiger partial charge in [-0.15, -0.1) is 0 Å². The van der Waals surface area contributed by atoms with Gasteiger partial charge in [-0.25, -0.2) is 4.39 Å². The number of rotatable bonds is 5. The average Bonchev–Trinajstić information content (AvgIpc) is 2.16. The Bertz CT molecular complexity index is 351. The molecule has 0 radical (unpaired) electrons. The molecule has 90 valence electrons. The van der Waals surface area contributed by atoms with Gasteiger partial charge in [-0.3, -0.25) is 0 Å². The van der Waals surface area contributed by atoms with Crippen molar-refractivity contribution in [1.82, 2.24) is 0 Å². The van der Waals surface area contributed by atoms with Crippen LogP contribution in [0.2, 0.25) is 0 Å². The summed E-state index contributed by atoms with van der Waals surface area (Å²) in [4.78, 5) is 0. The highest BCUT2D eigenvalue weighted by Gasteiger charge is 2.28. The zero-order chi connectivity index (χ0) is 12.2. The molecule has 0 bridgehead atoms. The van der Waals surface area contributed by atoms with Crippen molar-refractivity contribution in [3.63, 3.8) is 0 Å². The van der Waals surface area contributed by atoms with Gasteiger partial charge in [0, 0.05) is 6.07 Å². The van der Waals surface area contributed by atoms with Crippen LogP contribution in [0.25, 0.3) is 0 Å². The summed E-state index contributed by atoms with van der Waals surface area (Å²) >= 11 is 0. The zero-order valence-corrected chi connectivity index (χ0v) is 8.85. The standard InChI is InChI=1S/C10H12BF4O/c1-2-3-6-16-8-4-5-9(10(12)7-8)11(13,14)15/h4-5,7H,2-3,6H2,1H3/q-1. The highest BCUT2D eigenvalue weighted by Crippen LogP contribution is 2.17. The molecule has 1 aromatic rings. The second-order valence-electron chi connectivity index (χ2n) is 3.46. The van der Waals surface area contributed by atoms with E-state index < -0.39 is 18.3 Å². The van der Waals surface area contributed by atoms with Crippen LogP contribution >= 0.6 is 0 Å². The lowest BCUT2D eigenvalue weighted by molar-refractivity contribution is 0.308. The van der Waals surface area contributed by atoms with E-state index in [9.17, 15) is 17.3 Å². The van der Waals surface area contributed by atoms with Gasteiger partial charge in [0.15, 0.2) is 0 Å². The number of hydrogen-bond acceptors (Lipinski definition) is 1. The fourth-order valence-corrected chi connectivity index (χ4v) is 1.20. The molecule has 0 spiro atoms. The summed E-state index contributed by atoms with van der Waals surface area (Å²) in [6, 6.07) is 2.64. The Balaban J connectivity index is 2.75. The lowest BCUT2D eigenvalue weighted by Crippen LogP contribution is -2.36. The Morgan fingerprint density at radius 3 is 2.44 bits per heavy atom. The maximum absolute atomic E-state index is 13.1. The zero-order valence-electron chi connectivity index (χ0n) is 8.85. The molecule has 0 aromatic heterocycles. The lowest BCUT2D eigenvalue weighted by Gasteiger charge is -2.16. The van der Waals surface area contributed by atoms with Crippen molar-refractivity contribution in [2.75, 3.05) is 6.61 Å². The van der Waals surface area contributed by atoms with Gasteiger partial charge >= 0.3 is 6.98 Å². The molecule has 0 unspecified atom stereocenters. The van der Waals surface area contributed by atoms with E-state index in [0.717, 1.165) is 31.0 Å². The van der Waals surface area contributed by atoms with E-state index in [2.05, 4.69) is 0 Å². The normalized spacial score (nSPS) is 11.6. The van der Waals surface area contributed by atoms with Crippen molar-refractivity contribution in [2.45, 2.75) is 19.8 Å². The smallest absolute Gasteiger partial charge is 0.493 e. The molecule has 0 amide bonds. The van der Waals surface area contributed by atoms with Crippen LogP contribution in [-0.2, 0) is 0 Å². The van der Waals surface area contributed by atoms with Crippen LogP contribution in [0.1, 0.15) is 19.8 Å². The van der Waals surface area contributed by atoms with Crippen LogP contribution in [0.4, 0.5) is 17.3 Å². The summed E-state index contributed by atoms with van der Waals surface area (Å²) in [5.74, 6) is -1.14.